The lowest BCUT2D eigenvalue weighted by Gasteiger charge is -1.99. The lowest BCUT2D eigenvalue weighted by atomic mass is 10.1. The van der Waals surface area contributed by atoms with Crippen LogP contribution in [0.2, 0.25) is 0 Å². The fourth-order valence-corrected chi connectivity index (χ4v) is 1.04. The average molecular weight is 186 g/mol. The second-order valence-electron chi connectivity index (χ2n) is 2.96. The van der Waals surface area contributed by atoms with Crippen molar-refractivity contribution in [3.63, 3.8) is 0 Å². The van der Waals surface area contributed by atoms with Crippen LogP contribution >= 0.6 is 0 Å². The van der Waals surface area contributed by atoms with Crippen molar-refractivity contribution in [2.45, 2.75) is 32.1 Å². The average Bonchev–Trinajstić information content (AvgIpc) is 2.16. The highest BCUT2D eigenvalue weighted by atomic mass is 16.2. The topological polar surface area (TPSA) is 72.2 Å². The van der Waals surface area contributed by atoms with E-state index in [0.717, 1.165) is 25.7 Å². The maximum Gasteiger partial charge on any atom is 0.287 e. The van der Waals surface area contributed by atoms with Crippen LogP contribution in [0.3, 0.4) is 0 Å². The Labute approximate surface area is 78.9 Å². The van der Waals surface area contributed by atoms with E-state index in [4.69, 9.17) is 5.73 Å². The van der Waals surface area contributed by atoms with Crippen molar-refractivity contribution in [3.05, 3.63) is 0 Å². The number of unbranched alkanes of at least 4 members (excludes halogenated alkanes) is 3. The van der Waals surface area contributed by atoms with Gasteiger partial charge in [0.25, 0.3) is 5.91 Å². The second kappa shape index (κ2) is 7.73. The van der Waals surface area contributed by atoms with Crippen molar-refractivity contribution >= 4 is 11.7 Å². The summed E-state index contributed by atoms with van der Waals surface area (Å²) in [5.74, 6) is -0.811. The number of ketones is 1. The quantitative estimate of drug-likeness (QED) is 0.441. The minimum absolute atomic E-state index is 0.324. The normalized spacial score (nSPS) is 9.69. The SMILES string of the molecule is CNC(=O)C(=O)CCCCCCN. The fourth-order valence-electron chi connectivity index (χ4n) is 1.04. The Morgan fingerprint density at radius 2 is 1.77 bits per heavy atom. The van der Waals surface area contributed by atoms with E-state index in [9.17, 15) is 9.59 Å². The van der Waals surface area contributed by atoms with Gasteiger partial charge in [-0.1, -0.05) is 12.8 Å². The molecule has 4 heteroatoms. The van der Waals surface area contributed by atoms with Gasteiger partial charge < -0.3 is 11.1 Å². The first-order chi connectivity index (χ1) is 6.22. The summed E-state index contributed by atoms with van der Waals surface area (Å²) >= 11 is 0. The van der Waals surface area contributed by atoms with Crippen molar-refractivity contribution in [1.82, 2.24) is 5.32 Å². The van der Waals surface area contributed by atoms with Crippen LogP contribution in [0, 0.1) is 0 Å². The largest absolute Gasteiger partial charge is 0.353 e. The number of nitrogens with one attached hydrogen (secondary N) is 1. The van der Waals surface area contributed by atoms with Crippen LogP contribution in [0.1, 0.15) is 32.1 Å². The molecule has 0 heterocycles. The zero-order chi connectivity index (χ0) is 10.1. The molecule has 13 heavy (non-hydrogen) atoms. The van der Waals surface area contributed by atoms with Crippen molar-refractivity contribution in [2.75, 3.05) is 13.6 Å². The number of carbonyl (C=O) groups excluding carboxylic acids is 2. The van der Waals surface area contributed by atoms with Gasteiger partial charge in [-0.15, -0.1) is 0 Å². The third-order valence-corrected chi connectivity index (χ3v) is 1.84. The summed E-state index contributed by atoms with van der Waals surface area (Å²) in [6.07, 6.45) is 4.14. The number of likely N-dealkylation sites (N-methyl/N-ethyl adjacent to an activating group) is 1. The molecule has 0 saturated heterocycles. The molecular weight excluding hydrogens is 168 g/mol. The molecule has 0 rings (SSSR count). The maximum absolute atomic E-state index is 11.0. The molecule has 0 bridgehead atoms. The Bertz CT molecular complexity index is 169. The first kappa shape index (κ1) is 12.1. The molecule has 0 aromatic carbocycles. The van der Waals surface area contributed by atoms with Crippen molar-refractivity contribution in [1.29, 1.82) is 0 Å². The highest BCUT2D eigenvalue weighted by molar-refractivity contribution is 6.36. The smallest absolute Gasteiger partial charge is 0.287 e. The lowest BCUT2D eigenvalue weighted by Crippen LogP contribution is -2.27. The van der Waals surface area contributed by atoms with E-state index in [-0.39, 0.29) is 5.78 Å². The van der Waals surface area contributed by atoms with Gasteiger partial charge in [-0.3, -0.25) is 9.59 Å². The summed E-state index contributed by atoms with van der Waals surface area (Å²) in [6, 6.07) is 0. The molecule has 1 amide bonds. The Morgan fingerprint density at radius 3 is 2.31 bits per heavy atom. The predicted octanol–water partition coefficient (Wildman–Crippen LogP) is 0.211. The number of hydrogen-bond acceptors (Lipinski definition) is 3. The van der Waals surface area contributed by atoms with E-state index in [1.165, 1.54) is 7.05 Å². The van der Waals surface area contributed by atoms with Crippen molar-refractivity contribution in [2.24, 2.45) is 5.73 Å². The standard InChI is InChI=1S/C9H18N2O2/c1-11-9(13)8(12)6-4-2-3-5-7-10/h2-7,10H2,1H3,(H,11,13). The zero-order valence-electron chi connectivity index (χ0n) is 8.14. The number of rotatable bonds is 7. The molecule has 0 atom stereocenters. The van der Waals surface area contributed by atoms with Gasteiger partial charge in [0.1, 0.15) is 0 Å². The van der Waals surface area contributed by atoms with Crippen LogP contribution in [0.4, 0.5) is 0 Å². The van der Waals surface area contributed by atoms with E-state index < -0.39 is 5.91 Å². The summed E-state index contributed by atoms with van der Waals surface area (Å²) in [4.78, 5) is 21.7. The summed E-state index contributed by atoms with van der Waals surface area (Å²) in [5, 5.41) is 2.31. The molecule has 0 aromatic heterocycles. The van der Waals surface area contributed by atoms with E-state index in [1.807, 2.05) is 0 Å². The van der Waals surface area contributed by atoms with Gasteiger partial charge in [0.15, 0.2) is 0 Å². The predicted molar refractivity (Wildman–Crippen MR) is 51.2 cm³/mol. The van der Waals surface area contributed by atoms with E-state index in [1.54, 1.807) is 0 Å². The van der Waals surface area contributed by atoms with Crippen LogP contribution in [0.5, 0.6) is 0 Å². The Balaban J connectivity index is 3.32. The Morgan fingerprint density at radius 1 is 1.15 bits per heavy atom. The molecule has 0 radical (unpaired) electrons. The zero-order valence-corrected chi connectivity index (χ0v) is 8.14. The van der Waals surface area contributed by atoms with Crippen LogP contribution in [0.15, 0.2) is 0 Å². The van der Waals surface area contributed by atoms with Crippen LogP contribution in [-0.4, -0.2) is 25.3 Å². The van der Waals surface area contributed by atoms with Gasteiger partial charge in [0.05, 0.1) is 0 Å². The number of nitrogens with two attached hydrogens (primary N) is 1. The summed E-state index contributed by atoms with van der Waals surface area (Å²) in [6.45, 7) is 0.698. The molecule has 0 spiro atoms. The molecule has 0 unspecified atom stereocenters. The molecule has 4 nitrogen and oxygen atoms in total. The van der Waals surface area contributed by atoms with Crippen LogP contribution in [0.25, 0.3) is 0 Å². The fraction of sp³-hybridized carbons (Fsp3) is 0.778. The van der Waals surface area contributed by atoms with E-state index >= 15 is 0 Å². The molecule has 3 N–H and O–H groups in total. The van der Waals surface area contributed by atoms with E-state index in [0.29, 0.717) is 13.0 Å². The minimum Gasteiger partial charge on any atom is -0.353 e. The third-order valence-electron chi connectivity index (χ3n) is 1.84. The molecular formula is C9H18N2O2. The van der Waals surface area contributed by atoms with Crippen molar-refractivity contribution in [3.8, 4) is 0 Å². The Hall–Kier alpha value is -0.900. The lowest BCUT2D eigenvalue weighted by molar-refractivity contribution is -0.137. The summed E-state index contributed by atoms with van der Waals surface area (Å²) < 4.78 is 0. The van der Waals surface area contributed by atoms with Crippen LogP contribution in [-0.2, 0) is 9.59 Å². The minimum atomic E-state index is -0.487. The van der Waals surface area contributed by atoms with Crippen molar-refractivity contribution < 1.29 is 9.59 Å². The van der Waals surface area contributed by atoms with Gasteiger partial charge in [-0.05, 0) is 19.4 Å². The third kappa shape index (κ3) is 6.28. The number of amides is 1. The van der Waals surface area contributed by atoms with Gasteiger partial charge in [-0.2, -0.15) is 0 Å². The van der Waals surface area contributed by atoms with Gasteiger partial charge in [-0.25, -0.2) is 0 Å². The molecule has 0 fully saturated rings. The van der Waals surface area contributed by atoms with Gasteiger partial charge in [0.2, 0.25) is 5.78 Å². The first-order valence-electron chi connectivity index (χ1n) is 4.67. The maximum atomic E-state index is 11.0. The number of Topliss-reactive ketones (excluding diaryl/α,β-unsaturated/α-hetero) is 1. The molecule has 0 aromatic rings. The van der Waals surface area contributed by atoms with E-state index in [2.05, 4.69) is 5.32 Å². The van der Waals surface area contributed by atoms with Crippen LogP contribution < -0.4 is 11.1 Å². The summed E-state index contributed by atoms with van der Waals surface area (Å²) in [5.41, 5.74) is 5.31. The van der Waals surface area contributed by atoms with Gasteiger partial charge in [0, 0.05) is 13.5 Å². The molecule has 0 aliphatic rings. The monoisotopic (exact) mass is 186 g/mol. The highest BCUT2D eigenvalue weighted by Gasteiger charge is 2.09. The highest BCUT2D eigenvalue weighted by Crippen LogP contribution is 2.02. The Kier molecular flexibility index (Phi) is 7.20. The molecule has 0 aliphatic carbocycles. The van der Waals surface area contributed by atoms with Gasteiger partial charge >= 0.3 is 0 Å². The molecule has 0 aliphatic heterocycles. The molecule has 76 valence electrons. The number of hydrogen-bond donors (Lipinski definition) is 2. The first-order valence-corrected chi connectivity index (χ1v) is 4.67. The second-order valence-corrected chi connectivity index (χ2v) is 2.96. The summed E-state index contributed by atoms with van der Waals surface area (Å²) in [7, 11) is 1.47. The number of carbonyl (C=O) groups is 2. The molecule has 0 saturated carbocycles.